The summed E-state index contributed by atoms with van der Waals surface area (Å²) < 4.78 is 4.48. The Kier molecular flexibility index (Phi) is 2.86. The zero-order valence-corrected chi connectivity index (χ0v) is 7.90. The molecular weight excluding hydrogens is 184 g/mol. The molecule has 0 saturated carbocycles. The first kappa shape index (κ1) is 10.2. The van der Waals surface area contributed by atoms with Gasteiger partial charge >= 0.3 is 11.9 Å². The molecule has 0 heterocycles. The lowest BCUT2D eigenvalue weighted by atomic mass is 10.0. The van der Waals surface area contributed by atoms with Gasteiger partial charge in [0.2, 0.25) is 0 Å². The van der Waals surface area contributed by atoms with Crippen molar-refractivity contribution in [3.8, 4) is 0 Å². The number of carboxylic acid groups (broad SMARTS) is 1. The van der Waals surface area contributed by atoms with Crippen molar-refractivity contribution >= 4 is 11.9 Å². The molecule has 0 amide bonds. The van der Waals surface area contributed by atoms with Crippen molar-refractivity contribution in [2.24, 2.45) is 0 Å². The van der Waals surface area contributed by atoms with E-state index in [0.717, 1.165) is 0 Å². The van der Waals surface area contributed by atoms with E-state index in [9.17, 15) is 9.59 Å². The summed E-state index contributed by atoms with van der Waals surface area (Å²) in [4.78, 5) is 22.1. The quantitative estimate of drug-likeness (QED) is 0.724. The Morgan fingerprint density at radius 1 is 1.36 bits per heavy atom. The predicted octanol–water partition coefficient (Wildman–Crippen LogP) is 1.48. The molecule has 0 aliphatic carbocycles. The van der Waals surface area contributed by atoms with Gasteiger partial charge in [0.05, 0.1) is 18.2 Å². The second-order valence-electron chi connectivity index (χ2n) is 2.79. The second-order valence-corrected chi connectivity index (χ2v) is 2.79. The molecule has 4 heteroatoms. The lowest BCUT2D eigenvalue weighted by Gasteiger charge is -2.06. The van der Waals surface area contributed by atoms with Crippen LogP contribution in [0.5, 0.6) is 0 Å². The Hall–Kier alpha value is -1.84. The molecular formula is C10H10O4. The molecule has 4 nitrogen and oxygen atoms in total. The van der Waals surface area contributed by atoms with Crippen molar-refractivity contribution in [2.45, 2.75) is 6.92 Å². The summed E-state index contributed by atoms with van der Waals surface area (Å²) in [6.45, 7) is 1.63. The molecule has 1 aromatic carbocycles. The van der Waals surface area contributed by atoms with E-state index in [-0.39, 0.29) is 11.1 Å². The zero-order chi connectivity index (χ0) is 10.7. The second kappa shape index (κ2) is 3.91. The summed E-state index contributed by atoms with van der Waals surface area (Å²) in [6.07, 6.45) is 0. The molecule has 0 fully saturated rings. The van der Waals surface area contributed by atoms with Gasteiger partial charge in [-0.2, -0.15) is 0 Å². The van der Waals surface area contributed by atoms with Gasteiger partial charge in [-0.25, -0.2) is 9.59 Å². The van der Waals surface area contributed by atoms with Crippen LogP contribution in [0.4, 0.5) is 0 Å². The van der Waals surface area contributed by atoms with E-state index in [1.165, 1.54) is 13.2 Å². The van der Waals surface area contributed by atoms with Crippen molar-refractivity contribution in [3.05, 3.63) is 34.9 Å². The van der Waals surface area contributed by atoms with Crippen molar-refractivity contribution in [3.63, 3.8) is 0 Å². The number of rotatable bonds is 2. The third-order valence-corrected chi connectivity index (χ3v) is 1.89. The van der Waals surface area contributed by atoms with Crippen molar-refractivity contribution in [2.75, 3.05) is 7.11 Å². The molecule has 1 N–H and O–H groups in total. The Bertz CT molecular complexity index is 382. The standard InChI is InChI=1S/C10H10O4/c1-6-4-3-5-7(10(13)14-2)8(6)9(11)12/h3-5H,1-2H3,(H,11,12). The van der Waals surface area contributed by atoms with Crippen LogP contribution in [0.3, 0.4) is 0 Å². The van der Waals surface area contributed by atoms with Gasteiger partial charge in [-0.05, 0) is 18.6 Å². The summed E-state index contributed by atoms with van der Waals surface area (Å²) in [7, 11) is 1.22. The highest BCUT2D eigenvalue weighted by molar-refractivity contribution is 6.03. The first-order valence-corrected chi connectivity index (χ1v) is 3.99. The summed E-state index contributed by atoms with van der Waals surface area (Å²) in [5.74, 6) is -1.75. The molecule has 0 aliphatic rings. The minimum Gasteiger partial charge on any atom is -0.478 e. The zero-order valence-electron chi connectivity index (χ0n) is 7.90. The first-order valence-electron chi connectivity index (χ1n) is 3.99. The minimum absolute atomic E-state index is 0.000602. The maximum atomic E-state index is 11.2. The van der Waals surface area contributed by atoms with Crippen LogP contribution < -0.4 is 0 Å². The number of carbonyl (C=O) groups is 2. The van der Waals surface area contributed by atoms with Gasteiger partial charge in [-0.15, -0.1) is 0 Å². The van der Waals surface area contributed by atoms with E-state index in [2.05, 4.69) is 4.74 Å². The lowest BCUT2D eigenvalue weighted by Crippen LogP contribution is -2.11. The first-order chi connectivity index (χ1) is 6.57. The normalized spacial score (nSPS) is 9.57. The van der Waals surface area contributed by atoms with E-state index in [0.29, 0.717) is 5.56 Å². The number of aryl methyl sites for hydroxylation is 1. The van der Waals surface area contributed by atoms with Crippen molar-refractivity contribution in [1.82, 2.24) is 0 Å². The molecule has 1 aromatic rings. The molecule has 0 saturated heterocycles. The molecule has 1 rings (SSSR count). The Morgan fingerprint density at radius 2 is 2.00 bits per heavy atom. The van der Waals surface area contributed by atoms with E-state index in [4.69, 9.17) is 5.11 Å². The minimum atomic E-state index is -1.12. The molecule has 0 aliphatic heterocycles. The number of hydrogen-bond acceptors (Lipinski definition) is 3. The number of hydrogen-bond donors (Lipinski definition) is 1. The highest BCUT2D eigenvalue weighted by Gasteiger charge is 2.18. The van der Waals surface area contributed by atoms with Gasteiger partial charge in [0, 0.05) is 0 Å². The van der Waals surface area contributed by atoms with Crippen LogP contribution in [-0.2, 0) is 4.74 Å². The summed E-state index contributed by atoms with van der Waals surface area (Å²) >= 11 is 0. The fraction of sp³-hybridized carbons (Fsp3) is 0.200. The van der Waals surface area contributed by atoms with E-state index < -0.39 is 11.9 Å². The average Bonchev–Trinajstić information content (AvgIpc) is 2.15. The van der Waals surface area contributed by atoms with Gasteiger partial charge < -0.3 is 9.84 Å². The molecule has 0 atom stereocenters. The van der Waals surface area contributed by atoms with Crippen LogP contribution in [-0.4, -0.2) is 24.2 Å². The van der Waals surface area contributed by atoms with Gasteiger partial charge in [0.15, 0.2) is 0 Å². The SMILES string of the molecule is COC(=O)c1cccc(C)c1C(=O)O. The third kappa shape index (κ3) is 1.74. The number of esters is 1. The van der Waals surface area contributed by atoms with E-state index in [1.54, 1.807) is 19.1 Å². The van der Waals surface area contributed by atoms with Gasteiger partial charge in [0.1, 0.15) is 0 Å². The molecule has 0 radical (unpaired) electrons. The van der Waals surface area contributed by atoms with Crippen molar-refractivity contribution < 1.29 is 19.4 Å². The smallest absolute Gasteiger partial charge is 0.338 e. The van der Waals surface area contributed by atoms with Crippen LogP contribution in [0.1, 0.15) is 26.3 Å². The molecule has 0 unspecified atom stereocenters. The maximum Gasteiger partial charge on any atom is 0.338 e. The van der Waals surface area contributed by atoms with Gasteiger partial charge in [-0.3, -0.25) is 0 Å². The Labute approximate surface area is 81.1 Å². The Balaban J connectivity index is 3.35. The number of methoxy groups -OCH3 is 1. The maximum absolute atomic E-state index is 11.2. The molecule has 74 valence electrons. The molecule has 0 aromatic heterocycles. The monoisotopic (exact) mass is 194 g/mol. The lowest BCUT2D eigenvalue weighted by molar-refractivity contribution is 0.0582. The van der Waals surface area contributed by atoms with Crippen molar-refractivity contribution in [1.29, 1.82) is 0 Å². The van der Waals surface area contributed by atoms with Crippen LogP contribution >= 0.6 is 0 Å². The molecule has 0 bridgehead atoms. The number of ether oxygens (including phenoxy) is 1. The number of carbonyl (C=O) groups excluding carboxylic acids is 1. The number of benzene rings is 1. The summed E-state index contributed by atoms with van der Waals surface area (Å²) in [5, 5.41) is 8.88. The van der Waals surface area contributed by atoms with Gasteiger partial charge in [-0.1, -0.05) is 12.1 Å². The Morgan fingerprint density at radius 3 is 2.50 bits per heavy atom. The predicted molar refractivity (Wildman–Crippen MR) is 49.5 cm³/mol. The highest BCUT2D eigenvalue weighted by atomic mass is 16.5. The molecule has 0 spiro atoms. The third-order valence-electron chi connectivity index (χ3n) is 1.89. The fourth-order valence-corrected chi connectivity index (χ4v) is 1.23. The highest BCUT2D eigenvalue weighted by Crippen LogP contribution is 2.14. The fourth-order valence-electron chi connectivity index (χ4n) is 1.23. The van der Waals surface area contributed by atoms with E-state index in [1.807, 2.05) is 0 Å². The summed E-state index contributed by atoms with van der Waals surface area (Å²) in [6, 6.07) is 4.69. The number of carboxylic acids is 1. The number of aromatic carboxylic acids is 1. The van der Waals surface area contributed by atoms with Crippen LogP contribution in [0.25, 0.3) is 0 Å². The van der Waals surface area contributed by atoms with Crippen LogP contribution in [0.15, 0.2) is 18.2 Å². The largest absolute Gasteiger partial charge is 0.478 e. The van der Waals surface area contributed by atoms with Crippen LogP contribution in [0, 0.1) is 6.92 Å². The molecule has 14 heavy (non-hydrogen) atoms. The average molecular weight is 194 g/mol. The van der Waals surface area contributed by atoms with Gasteiger partial charge in [0.25, 0.3) is 0 Å². The van der Waals surface area contributed by atoms with E-state index >= 15 is 0 Å². The topological polar surface area (TPSA) is 63.6 Å². The summed E-state index contributed by atoms with van der Waals surface area (Å²) in [5.41, 5.74) is 0.625. The van der Waals surface area contributed by atoms with Crippen LogP contribution in [0.2, 0.25) is 0 Å².